The van der Waals surface area contributed by atoms with E-state index in [1.807, 2.05) is 59.4 Å². The molecule has 2 aromatic heterocycles. The Morgan fingerprint density at radius 3 is 2.33 bits per heavy atom. The van der Waals surface area contributed by atoms with Crippen molar-refractivity contribution < 1.29 is 40.8 Å². The van der Waals surface area contributed by atoms with Gasteiger partial charge in [-0.3, -0.25) is 9.59 Å². The van der Waals surface area contributed by atoms with Crippen LogP contribution in [-0.2, 0) is 6.54 Å². The van der Waals surface area contributed by atoms with Crippen molar-refractivity contribution in [1.82, 2.24) is 5.16 Å². The quantitative estimate of drug-likeness (QED) is 0.386. The van der Waals surface area contributed by atoms with Crippen molar-refractivity contribution in [3.05, 3.63) is 101 Å². The second-order valence-corrected chi connectivity index (χ2v) is 6.84. The van der Waals surface area contributed by atoms with E-state index >= 15 is 0 Å². The van der Waals surface area contributed by atoms with Gasteiger partial charge in [-0.15, -0.1) is 0 Å². The van der Waals surface area contributed by atoms with Crippen LogP contribution < -0.4 is 21.5 Å². The molecule has 0 spiro atoms. The van der Waals surface area contributed by atoms with Crippen molar-refractivity contribution in [2.75, 3.05) is 0 Å². The summed E-state index contributed by atoms with van der Waals surface area (Å²) < 4.78 is 7.24. The number of nitrogens with zero attached hydrogens (tertiary/aromatic N) is 2. The number of carbonyl (C=O) groups excluding carboxylic acids is 2. The van der Waals surface area contributed by atoms with E-state index in [0.717, 1.165) is 5.56 Å². The van der Waals surface area contributed by atoms with Crippen LogP contribution in [-0.4, -0.2) is 21.8 Å². The lowest BCUT2D eigenvalue weighted by atomic mass is 9.86. The minimum Gasteiger partial charge on any atom is -1.00 e. The molecule has 0 bridgehead atoms. The maximum absolute atomic E-state index is 13.0. The third-order valence-corrected chi connectivity index (χ3v) is 5.01. The molecule has 2 aromatic carbocycles. The van der Waals surface area contributed by atoms with Gasteiger partial charge >= 0.3 is 0 Å². The summed E-state index contributed by atoms with van der Waals surface area (Å²) in [6.45, 7) is 0.705. The maximum Gasteiger partial charge on any atom is 0.232 e. The molecule has 0 fully saturated rings. The number of fused-ring (bicyclic) bond motifs is 2. The number of aromatic hydroxyl groups is 1. The predicted octanol–water partition coefficient (Wildman–Crippen LogP) is 0.162. The fourth-order valence-corrected chi connectivity index (χ4v) is 3.58. The van der Waals surface area contributed by atoms with Gasteiger partial charge in [-0.05, 0) is 12.1 Å². The van der Waals surface area contributed by atoms with Crippen LogP contribution in [0, 0.1) is 0 Å². The highest BCUT2D eigenvalue weighted by atomic mass is 79.9. The molecule has 0 unspecified atom stereocenters. The Morgan fingerprint density at radius 1 is 0.867 bits per heavy atom. The molecule has 0 aliphatic heterocycles. The highest BCUT2D eigenvalue weighted by Crippen LogP contribution is 2.37. The molecular formula is C23H15BrN2O4. The normalized spacial score (nSPS) is 12.1. The van der Waals surface area contributed by atoms with E-state index in [-0.39, 0.29) is 45.2 Å². The molecule has 6 nitrogen and oxygen atoms in total. The average molecular weight is 463 g/mol. The number of phenolic OH excluding ortho intramolecular Hbond substituents is 1. The van der Waals surface area contributed by atoms with E-state index in [1.165, 1.54) is 18.2 Å². The van der Waals surface area contributed by atoms with E-state index in [9.17, 15) is 14.7 Å². The second kappa shape index (κ2) is 7.68. The number of rotatable bonds is 3. The van der Waals surface area contributed by atoms with Crippen molar-refractivity contribution in [2.24, 2.45) is 0 Å². The van der Waals surface area contributed by atoms with Gasteiger partial charge in [0.05, 0.1) is 5.56 Å². The van der Waals surface area contributed by atoms with E-state index in [1.54, 1.807) is 0 Å². The first-order valence-electron chi connectivity index (χ1n) is 9.08. The molecule has 4 aromatic rings. The molecule has 7 heteroatoms. The fourth-order valence-electron chi connectivity index (χ4n) is 3.58. The Labute approximate surface area is 182 Å². The van der Waals surface area contributed by atoms with Crippen LogP contribution in [0.3, 0.4) is 0 Å². The number of aromatic nitrogens is 2. The lowest BCUT2D eigenvalue weighted by molar-refractivity contribution is -0.688. The SMILES string of the molecule is O=C1c2cccc(O)c2C(=O)c2c(-c3cc[n+](Cc4ccccc4)cc3)noc21.[Br-]. The summed E-state index contributed by atoms with van der Waals surface area (Å²) in [5.74, 6) is -1.25. The van der Waals surface area contributed by atoms with Gasteiger partial charge in [0, 0.05) is 28.8 Å². The molecule has 1 N–H and O–H groups in total. The van der Waals surface area contributed by atoms with Crippen LogP contribution in [0.5, 0.6) is 5.75 Å². The van der Waals surface area contributed by atoms with Gasteiger partial charge in [-0.2, -0.15) is 0 Å². The van der Waals surface area contributed by atoms with Crippen LogP contribution >= 0.6 is 0 Å². The molecule has 0 radical (unpaired) electrons. The zero-order chi connectivity index (χ0) is 20.0. The van der Waals surface area contributed by atoms with Crippen molar-refractivity contribution >= 4 is 11.6 Å². The first kappa shape index (κ1) is 19.7. The molecule has 148 valence electrons. The van der Waals surface area contributed by atoms with Gasteiger partial charge in [-0.1, -0.05) is 41.6 Å². The summed E-state index contributed by atoms with van der Waals surface area (Å²) in [4.78, 5) is 25.7. The standard InChI is InChI=1S/C23H14N2O4.BrH/c26-17-8-4-7-16-18(17)22(28)19-20(24-29-23(19)21(16)27)15-9-11-25(12-10-15)13-14-5-2-1-3-6-14;/h1-12H,13H2;1H. The van der Waals surface area contributed by atoms with Gasteiger partial charge in [0.1, 0.15) is 17.0 Å². The van der Waals surface area contributed by atoms with Gasteiger partial charge in [-0.25, -0.2) is 4.57 Å². The van der Waals surface area contributed by atoms with Crippen molar-refractivity contribution in [2.45, 2.75) is 6.54 Å². The molecule has 30 heavy (non-hydrogen) atoms. The number of pyridine rings is 1. The number of halogens is 1. The number of phenols is 1. The Balaban J connectivity index is 0.00000218. The van der Waals surface area contributed by atoms with Crippen LogP contribution in [0.25, 0.3) is 11.3 Å². The molecule has 2 heterocycles. The molecule has 0 saturated carbocycles. The van der Waals surface area contributed by atoms with Crippen molar-refractivity contribution in [1.29, 1.82) is 0 Å². The molecule has 0 saturated heterocycles. The monoisotopic (exact) mass is 462 g/mol. The summed E-state index contributed by atoms with van der Waals surface area (Å²) >= 11 is 0. The zero-order valence-corrected chi connectivity index (χ0v) is 17.2. The Bertz CT molecular complexity index is 1260. The lowest BCUT2D eigenvalue weighted by Gasteiger charge is -2.14. The maximum atomic E-state index is 13.0. The van der Waals surface area contributed by atoms with Gasteiger partial charge < -0.3 is 26.6 Å². The third-order valence-electron chi connectivity index (χ3n) is 5.01. The van der Waals surface area contributed by atoms with Crippen molar-refractivity contribution in [3.63, 3.8) is 0 Å². The largest absolute Gasteiger partial charge is 1.00 e. The molecule has 0 amide bonds. The van der Waals surface area contributed by atoms with Gasteiger partial charge in [0.25, 0.3) is 0 Å². The number of hydrogen-bond acceptors (Lipinski definition) is 5. The summed E-state index contributed by atoms with van der Waals surface area (Å²) in [7, 11) is 0. The van der Waals surface area contributed by atoms with Crippen LogP contribution in [0.2, 0.25) is 0 Å². The fraction of sp³-hybridized carbons (Fsp3) is 0.0435. The van der Waals surface area contributed by atoms with E-state index in [0.29, 0.717) is 17.8 Å². The topological polar surface area (TPSA) is 84.3 Å². The van der Waals surface area contributed by atoms with E-state index in [4.69, 9.17) is 4.52 Å². The van der Waals surface area contributed by atoms with E-state index < -0.39 is 11.6 Å². The Kier molecular flexibility index (Phi) is 5.05. The average Bonchev–Trinajstić information content (AvgIpc) is 3.19. The summed E-state index contributed by atoms with van der Waals surface area (Å²) in [5.41, 5.74) is 2.31. The smallest absolute Gasteiger partial charge is 0.232 e. The molecule has 5 rings (SSSR count). The van der Waals surface area contributed by atoms with Gasteiger partial charge in [0.2, 0.25) is 17.3 Å². The number of benzene rings is 2. The number of ketones is 2. The molecule has 1 aliphatic rings. The van der Waals surface area contributed by atoms with E-state index in [2.05, 4.69) is 5.16 Å². The predicted molar refractivity (Wildman–Crippen MR) is 103 cm³/mol. The minimum atomic E-state index is -0.468. The van der Waals surface area contributed by atoms with Crippen LogP contribution in [0.1, 0.15) is 37.6 Å². The summed E-state index contributed by atoms with van der Waals surface area (Å²) in [5, 5.41) is 14.1. The summed E-state index contributed by atoms with van der Waals surface area (Å²) in [6.07, 6.45) is 3.76. The zero-order valence-electron chi connectivity index (χ0n) is 15.6. The number of carbonyl (C=O) groups is 2. The second-order valence-electron chi connectivity index (χ2n) is 6.84. The molecule has 0 atom stereocenters. The first-order valence-corrected chi connectivity index (χ1v) is 9.08. The summed E-state index contributed by atoms with van der Waals surface area (Å²) in [6, 6.07) is 18.1. The Morgan fingerprint density at radius 2 is 1.60 bits per heavy atom. The minimum absolute atomic E-state index is 0. The molecule has 1 aliphatic carbocycles. The van der Waals surface area contributed by atoms with Gasteiger partial charge in [0.15, 0.2) is 18.9 Å². The molecular weight excluding hydrogens is 448 g/mol. The highest BCUT2D eigenvalue weighted by Gasteiger charge is 2.38. The highest BCUT2D eigenvalue weighted by molar-refractivity contribution is 6.29. The third kappa shape index (κ3) is 3.13. The lowest BCUT2D eigenvalue weighted by Crippen LogP contribution is -3.00. The van der Waals surface area contributed by atoms with Crippen LogP contribution in [0.15, 0.2) is 77.6 Å². The van der Waals surface area contributed by atoms with Crippen LogP contribution in [0.4, 0.5) is 0 Å². The Hall–Kier alpha value is -3.58. The first-order chi connectivity index (χ1) is 14.1. The number of hydrogen-bond donors (Lipinski definition) is 1. The van der Waals surface area contributed by atoms with Crippen molar-refractivity contribution in [3.8, 4) is 17.0 Å².